The van der Waals surface area contributed by atoms with Crippen LogP contribution in [0.3, 0.4) is 0 Å². The van der Waals surface area contributed by atoms with Crippen LogP contribution in [0.5, 0.6) is 0 Å². The van der Waals surface area contributed by atoms with Crippen LogP contribution in [0.2, 0.25) is 0 Å². The van der Waals surface area contributed by atoms with Gasteiger partial charge in [-0.1, -0.05) is 12.1 Å². The Bertz CT molecular complexity index is 539. The predicted octanol–water partition coefficient (Wildman–Crippen LogP) is 1.46. The van der Waals surface area contributed by atoms with E-state index in [2.05, 4.69) is 11.4 Å². The number of benzene rings is 1. The summed E-state index contributed by atoms with van der Waals surface area (Å²) in [4.78, 5) is 11.6. The minimum atomic E-state index is -0.179. The second-order valence-electron chi connectivity index (χ2n) is 4.95. The molecular weight excluding hydrogens is 240 g/mol. The van der Waals surface area contributed by atoms with Crippen LogP contribution in [-0.2, 0) is 4.79 Å². The molecular formula is C15H16N2O2. The third kappa shape index (κ3) is 3.67. The largest absolute Gasteiger partial charge is 0.396 e. The molecule has 1 fully saturated rings. The number of rotatable bonds is 5. The Kier molecular flexibility index (Phi) is 3.98. The molecule has 0 saturated heterocycles. The molecule has 0 atom stereocenters. The summed E-state index contributed by atoms with van der Waals surface area (Å²) in [7, 11) is 0. The van der Waals surface area contributed by atoms with Crippen LogP contribution in [-0.4, -0.2) is 24.2 Å². The Morgan fingerprint density at radius 1 is 1.53 bits per heavy atom. The number of aliphatic hydroxyl groups excluding tert-OH is 1. The standard InChI is InChI=1S/C15H16N2O2/c16-9-13-3-1-2-12(8-13)4-5-14(19)17-10-15(11-18)6-7-15/h1-5,8,18H,6-7,10-11H2,(H,17,19)/b5-4+. The van der Waals surface area contributed by atoms with Gasteiger partial charge in [-0.2, -0.15) is 5.26 Å². The SMILES string of the molecule is N#Cc1cccc(/C=C/C(=O)NCC2(CO)CC2)c1. The average Bonchev–Trinajstić information content (AvgIpc) is 3.24. The Balaban J connectivity index is 1.87. The van der Waals surface area contributed by atoms with Crippen molar-refractivity contribution in [3.8, 4) is 6.07 Å². The smallest absolute Gasteiger partial charge is 0.244 e. The molecule has 0 heterocycles. The van der Waals surface area contributed by atoms with Crippen molar-refractivity contribution in [2.45, 2.75) is 12.8 Å². The maximum Gasteiger partial charge on any atom is 0.244 e. The fraction of sp³-hybridized carbons (Fsp3) is 0.333. The molecule has 4 nitrogen and oxygen atoms in total. The minimum Gasteiger partial charge on any atom is -0.396 e. The average molecular weight is 256 g/mol. The molecule has 1 aromatic carbocycles. The fourth-order valence-corrected chi connectivity index (χ4v) is 1.78. The highest BCUT2D eigenvalue weighted by atomic mass is 16.3. The highest BCUT2D eigenvalue weighted by molar-refractivity contribution is 5.91. The van der Waals surface area contributed by atoms with Gasteiger partial charge in [0, 0.05) is 18.0 Å². The van der Waals surface area contributed by atoms with E-state index in [9.17, 15) is 4.79 Å². The number of nitrogens with one attached hydrogen (secondary N) is 1. The summed E-state index contributed by atoms with van der Waals surface area (Å²) in [6, 6.07) is 9.11. The van der Waals surface area contributed by atoms with E-state index < -0.39 is 0 Å². The van der Waals surface area contributed by atoms with Gasteiger partial charge in [0.15, 0.2) is 0 Å². The van der Waals surface area contributed by atoms with E-state index in [0.717, 1.165) is 18.4 Å². The molecule has 0 aromatic heterocycles. The number of carbonyl (C=O) groups is 1. The van der Waals surface area contributed by atoms with Gasteiger partial charge in [0.05, 0.1) is 18.2 Å². The van der Waals surface area contributed by atoms with E-state index >= 15 is 0 Å². The molecule has 0 unspecified atom stereocenters. The number of amides is 1. The van der Waals surface area contributed by atoms with Gasteiger partial charge in [-0.05, 0) is 36.6 Å². The van der Waals surface area contributed by atoms with Crippen molar-refractivity contribution in [2.24, 2.45) is 5.41 Å². The lowest BCUT2D eigenvalue weighted by Gasteiger charge is -2.11. The highest BCUT2D eigenvalue weighted by Crippen LogP contribution is 2.44. The number of nitrogens with zero attached hydrogens (tertiary/aromatic N) is 1. The highest BCUT2D eigenvalue weighted by Gasteiger charge is 2.41. The van der Waals surface area contributed by atoms with E-state index in [4.69, 9.17) is 10.4 Å². The lowest BCUT2D eigenvalue weighted by Crippen LogP contribution is -2.30. The van der Waals surface area contributed by atoms with Gasteiger partial charge in [-0.3, -0.25) is 4.79 Å². The van der Waals surface area contributed by atoms with Crippen LogP contribution in [0.25, 0.3) is 6.08 Å². The molecule has 0 aliphatic heterocycles. The predicted molar refractivity (Wildman–Crippen MR) is 72.0 cm³/mol. The fourth-order valence-electron chi connectivity index (χ4n) is 1.78. The van der Waals surface area contributed by atoms with Gasteiger partial charge < -0.3 is 10.4 Å². The molecule has 0 radical (unpaired) electrons. The van der Waals surface area contributed by atoms with Gasteiger partial charge in [0.1, 0.15) is 0 Å². The van der Waals surface area contributed by atoms with Crippen molar-refractivity contribution in [1.29, 1.82) is 5.26 Å². The van der Waals surface area contributed by atoms with E-state index in [-0.39, 0.29) is 17.9 Å². The van der Waals surface area contributed by atoms with Gasteiger partial charge in [-0.15, -0.1) is 0 Å². The first-order chi connectivity index (χ1) is 9.17. The molecule has 98 valence electrons. The van der Waals surface area contributed by atoms with Crippen molar-refractivity contribution in [3.63, 3.8) is 0 Å². The number of aliphatic hydroxyl groups is 1. The van der Waals surface area contributed by atoms with E-state index in [1.54, 1.807) is 24.3 Å². The zero-order chi connectivity index (χ0) is 13.7. The molecule has 1 amide bonds. The summed E-state index contributed by atoms with van der Waals surface area (Å²) in [6.45, 7) is 0.645. The van der Waals surface area contributed by atoms with Crippen LogP contribution >= 0.6 is 0 Å². The topological polar surface area (TPSA) is 73.1 Å². The van der Waals surface area contributed by atoms with Crippen LogP contribution in [0.15, 0.2) is 30.3 Å². The van der Waals surface area contributed by atoms with Crippen molar-refractivity contribution in [1.82, 2.24) is 5.32 Å². The molecule has 0 spiro atoms. The molecule has 1 aliphatic rings. The van der Waals surface area contributed by atoms with Crippen molar-refractivity contribution in [3.05, 3.63) is 41.5 Å². The van der Waals surface area contributed by atoms with E-state index in [1.807, 2.05) is 6.07 Å². The molecule has 2 N–H and O–H groups in total. The first kappa shape index (κ1) is 13.3. The summed E-state index contributed by atoms with van der Waals surface area (Å²) >= 11 is 0. The van der Waals surface area contributed by atoms with E-state index in [0.29, 0.717) is 12.1 Å². The van der Waals surface area contributed by atoms with Gasteiger partial charge in [0.25, 0.3) is 0 Å². The molecule has 0 bridgehead atoms. The number of hydrogen-bond acceptors (Lipinski definition) is 3. The molecule has 1 aromatic rings. The van der Waals surface area contributed by atoms with Crippen molar-refractivity contribution < 1.29 is 9.90 Å². The molecule has 1 saturated carbocycles. The molecule has 2 rings (SSSR count). The zero-order valence-electron chi connectivity index (χ0n) is 10.6. The molecule has 19 heavy (non-hydrogen) atoms. The number of nitriles is 1. The van der Waals surface area contributed by atoms with E-state index in [1.165, 1.54) is 6.08 Å². The van der Waals surface area contributed by atoms with Crippen LogP contribution in [0.1, 0.15) is 24.0 Å². The van der Waals surface area contributed by atoms with Gasteiger partial charge in [0.2, 0.25) is 5.91 Å². The maximum atomic E-state index is 11.6. The Morgan fingerprint density at radius 2 is 2.32 bits per heavy atom. The van der Waals surface area contributed by atoms with Crippen LogP contribution in [0, 0.1) is 16.7 Å². The van der Waals surface area contributed by atoms with Gasteiger partial charge >= 0.3 is 0 Å². The summed E-state index contributed by atoms with van der Waals surface area (Å²) in [5, 5.41) is 20.7. The molecule has 4 heteroatoms. The van der Waals surface area contributed by atoms with Crippen molar-refractivity contribution in [2.75, 3.05) is 13.2 Å². The van der Waals surface area contributed by atoms with Crippen molar-refractivity contribution >= 4 is 12.0 Å². The lowest BCUT2D eigenvalue weighted by molar-refractivity contribution is -0.116. The lowest BCUT2D eigenvalue weighted by atomic mass is 10.1. The molecule has 1 aliphatic carbocycles. The zero-order valence-corrected chi connectivity index (χ0v) is 10.6. The Hall–Kier alpha value is -2.12. The number of hydrogen-bond donors (Lipinski definition) is 2. The second-order valence-corrected chi connectivity index (χ2v) is 4.95. The Labute approximate surface area is 112 Å². The third-order valence-corrected chi connectivity index (χ3v) is 3.37. The van der Waals surface area contributed by atoms with Crippen LogP contribution in [0.4, 0.5) is 0 Å². The monoisotopic (exact) mass is 256 g/mol. The van der Waals surface area contributed by atoms with Crippen LogP contribution < -0.4 is 5.32 Å². The minimum absolute atomic E-state index is 0.0791. The third-order valence-electron chi connectivity index (χ3n) is 3.37. The summed E-state index contributed by atoms with van der Waals surface area (Å²) in [6.07, 6.45) is 5.06. The normalized spacial score (nSPS) is 16.0. The first-order valence-corrected chi connectivity index (χ1v) is 6.24. The summed E-state index contributed by atoms with van der Waals surface area (Å²) in [5.74, 6) is -0.179. The summed E-state index contributed by atoms with van der Waals surface area (Å²) < 4.78 is 0. The first-order valence-electron chi connectivity index (χ1n) is 6.24. The van der Waals surface area contributed by atoms with Gasteiger partial charge in [-0.25, -0.2) is 0 Å². The second kappa shape index (κ2) is 5.68. The maximum absolute atomic E-state index is 11.6. The number of carbonyl (C=O) groups excluding carboxylic acids is 1. The summed E-state index contributed by atoms with van der Waals surface area (Å²) in [5.41, 5.74) is 1.31. The quantitative estimate of drug-likeness (QED) is 0.783. The Morgan fingerprint density at radius 3 is 2.95 bits per heavy atom.